The minimum absolute atomic E-state index is 0.0578. The van der Waals surface area contributed by atoms with E-state index in [2.05, 4.69) is 10.0 Å². The number of ether oxygens (including phenoxy) is 1. The molecule has 2 atom stereocenters. The van der Waals surface area contributed by atoms with E-state index in [0.29, 0.717) is 24.1 Å². The lowest BCUT2D eigenvalue weighted by molar-refractivity contribution is -0.157. The highest BCUT2D eigenvalue weighted by Crippen LogP contribution is 2.44. The molecule has 6 nitrogen and oxygen atoms in total. The maximum absolute atomic E-state index is 12.7. The van der Waals surface area contributed by atoms with Crippen molar-refractivity contribution in [3.63, 3.8) is 0 Å². The predicted octanol–water partition coefficient (Wildman–Crippen LogP) is 3.72. The molecule has 1 aliphatic carbocycles. The van der Waals surface area contributed by atoms with Crippen LogP contribution in [0.4, 0.5) is 5.69 Å². The quantitative estimate of drug-likeness (QED) is 0.273. The second-order valence-corrected chi connectivity index (χ2v) is 5.58. The van der Waals surface area contributed by atoms with E-state index in [9.17, 15) is 9.59 Å². The number of benzene rings is 1. The standard InChI is InChI=1S/C16H19N3O3/c1-3-11-8-9-16(14(11)20,15(21)22-2)10-12-6-4-5-7-13(12)18-19-17/h4-7,11H,3,8-10H2,1-2H3. The number of methoxy groups -OCH3 is 1. The van der Waals surface area contributed by atoms with Crippen molar-refractivity contribution < 1.29 is 14.3 Å². The van der Waals surface area contributed by atoms with E-state index in [1.807, 2.05) is 6.92 Å². The van der Waals surface area contributed by atoms with Gasteiger partial charge in [-0.1, -0.05) is 36.3 Å². The molecular weight excluding hydrogens is 282 g/mol. The van der Waals surface area contributed by atoms with Gasteiger partial charge >= 0.3 is 5.97 Å². The van der Waals surface area contributed by atoms with E-state index in [0.717, 1.165) is 6.42 Å². The third-order valence-electron chi connectivity index (χ3n) is 4.47. The summed E-state index contributed by atoms with van der Waals surface area (Å²) in [6.07, 6.45) is 2.09. The zero-order valence-corrected chi connectivity index (χ0v) is 12.8. The monoisotopic (exact) mass is 301 g/mol. The van der Waals surface area contributed by atoms with Crippen molar-refractivity contribution in [3.05, 3.63) is 40.3 Å². The van der Waals surface area contributed by atoms with Crippen LogP contribution in [0.25, 0.3) is 10.4 Å². The molecule has 0 N–H and O–H groups in total. The normalized spacial score (nSPS) is 23.9. The summed E-state index contributed by atoms with van der Waals surface area (Å²) in [6.45, 7) is 1.95. The first-order valence-corrected chi connectivity index (χ1v) is 7.34. The molecule has 0 spiro atoms. The summed E-state index contributed by atoms with van der Waals surface area (Å²) in [4.78, 5) is 27.9. The molecule has 0 amide bonds. The zero-order valence-electron chi connectivity index (χ0n) is 12.8. The highest BCUT2D eigenvalue weighted by Gasteiger charge is 2.53. The fourth-order valence-corrected chi connectivity index (χ4v) is 3.23. The van der Waals surface area contributed by atoms with Crippen molar-refractivity contribution in [3.8, 4) is 0 Å². The van der Waals surface area contributed by atoms with E-state index in [4.69, 9.17) is 10.3 Å². The average molecular weight is 301 g/mol. The Labute approximate surface area is 129 Å². The Morgan fingerprint density at radius 1 is 1.50 bits per heavy atom. The van der Waals surface area contributed by atoms with Crippen molar-refractivity contribution in [1.29, 1.82) is 0 Å². The van der Waals surface area contributed by atoms with Crippen LogP contribution in [0.1, 0.15) is 31.7 Å². The number of hydrogen-bond acceptors (Lipinski definition) is 4. The lowest BCUT2D eigenvalue weighted by atomic mass is 9.77. The first-order chi connectivity index (χ1) is 10.6. The molecule has 0 aromatic heterocycles. The molecule has 0 bridgehead atoms. The molecule has 1 fully saturated rings. The summed E-state index contributed by atoms with van der Waals surface area (Å²) in [5.41, 5.74) is 8.64. The minimum atomic E-state index is -1.16. The third kappa shape index (κ3) is 2.70. The SMILES string of the molecule is CCC1CCC(Cc2ccccc2N=[N+]=[N-])(C(=O)OC)C1=O. The Hall–Kier alpha value is -2.33. The van der Waals surface area contributed by atoms with Crippen LogP contribution in [0, 0.1) is 11.3 Å². The van der Waals surface area contributed by atoms with Gasteiger partial charge in [0.15, 0.2) is 5.78 Å². The molecule has 0 heterocycles. The minimum Gasteiger partial charge on any atom is -0.468 e. The highest BCUT2D eigenvalue weighted by atomic mass is 16.5. The fraction of sp³-hybridized carbons (Fsp3) is 0.500. The number of nitrogens with zero attached hydrogens (tertiary/aromatic N) is 3. The highest BCUT2D eigenvalue weighted by molar-refractivity contribution is 6.06. The van der Waals surface area contributed by atoms with E-state index in [1.54, 1.807) is 24.3 Å². The number of Topliss-reactive ketones (excluding diaryl/α,β-unsaturated/α-hetero) is 1. The Balaban J connectivity index is 2.44. The molecule has 0 aliphatic heterocycles. The van der Waals surface area contributed by atoms with Crippen molar-refractivity contribution in [2.75, 3.05) is 7.11 Å². The van der Waals surface area contributed by atoms with Gasteiger partial charge in [-0.25, -0.2) is 0 Å². The van der Waals surface area contributed by atoms with Crippen LogP contribution in [0.15, 0.2) is 29.4 Å². The molecule has 2 unspecified atom stereocenters. The first kappa shape index (κ1) is 16.0. The van der Waals surface area contributed by atoms with Crippen LogP contribution in [-0.2, 0) is 20.7 Å². The van der Waals surface area contributed by atoms with Gasteiger partial charge in [-0.15, -0.1) is 0 Å². The van der Waals surface area contributed by atoms with Gasteiger partial charge in [0.2, 0.25) is 0 Å². The van der Waals surface area contributed by atoms with Crippen molar-refractivity contribution in [2.24, 2.45) is 16.4 Å². The van der Waals surface area contributed by atoms with Gasteiger partial charge in [0.1, 0.15) is 5.41 Å². The zero-order chi connectivity index (χ0) is 16.2. The fourth-order valence-electron chi connectivity index (χ4n) is 3.23. The second-order valence-electron chi connectivity index (χ2n) is 5.58. The van der Waals surface area contributed by atoms with E-state index < -0.39 is 11.4 Å². The Bertz CT molecular complexity index is 637. The molecule has 1 saturated carbocycles. The molecular formula is C16H19N3O3. The summed E-state index contributed by atoms with van der Waals surface area (Å²) in [5.74, 6) is -0.660. The van der Waals surface area contributed by atoms with E-state index in [-0.39, 0.29) is 18.1 Å². The van der Waals surface area contributed by atoms with Gasteiger partial charge < -0.3 is 4.74 Å². The summed E-state index contributed by atoms with van der Waals surface area (Å²) in [6, 6.07) is 7.01. The summed E-state index contributed by atoms with van der Waals surface area (Å²) < 4.78 is 4.91. The number of carbonyl (C=O) groups excluding carboxylic acids is 2. The molecule has 116 valence electrons. The topological polar surface area (TPSA) is 92.1 Å². The number of azide groups is 1. The molecule has 0 saturated heterocycles. The van der Waals surface area contributed by atoms with Gasteiger partial charge in [0.25, 0.3) is 0 Å². The van der Waals surface area contributed by atoms with Crippen LogP contribution in [0.2, 0.25) is 0 Å². The van der Waals surface area contributed by atoms with E-state index in [1.165, 1.54) is 7.11 Å². The maximum atomic E-state index is 12.7. The van der Waals surface area contributed by atoms with Crippen LogP contribution >= 0.6 is 0 Å². The molecule has 2 rings (SSSR count). The number of rotatable bonds is 5. The van der Waals surface area contributed by atoms with Crippen LogP contribution < -0.4 is 0 Å². The molecule has 1 aromatic rings. The first-order valence-electron chi connectivity index (χ1n) is 7.34. The molecule has 0 radical (unpaired) electrons. The lowest BCUT2D eigenvalue weighted by Crippen LogP contribution is -2.40. The summed E-state index contributed by atoms with van der Waals surface area (Å²) in [7, 11) is 1.30. The number of carbonyl (C=O) groups is 2. The maximum Gasteiger partial charge on any atom is 0.319 e. The van der Waals surface area contributed by atoms with E-state index >= 15 is 0 Å². The van der Waals surface area contributed by atoms with Crippen molar-refractivity contribution in [2.45, 2.75) is 32.6 Å². The number of esters is 1. The molecule has 6 heteroatoms. The van der Waals surface area contributed by atoms with Gasteiger partial charge in [-0.05, 0) is 36.8 Å². The predicted molar refractivity (Wildman–Crippen MR) is 81.4 cm³/mol. The van der Waals surface area contributed by atoms with Crippen LogP contribution in [-0.4, -0.2) is 18.9 Å². The van der Waals surface area contributed by atoms with Crippen molar-refractivity contribution in [1.82, 2.24) is 0 Å². The van der Waals surface area contributed by atoms with Crippen molar-refractivity contribution >= 4 is 17.4 Å². The Kier molecular flexibility index (Phi) is 4.83. The molecule has 22 heavy (non-hydrogen) atoms. The van der Waals surface area contributed by atoms with Gasteiger partial charge in [-0.2, -0.15) is 0 Å². The molecule has 1 aliphatic rings. The summed E-state index contributed by atoms with van der Waals surface area (Å²) >= 11 is 0. The lowest BCUT2D eigenvalue weighted by Gasteiger charge is -2.25. The average Bonchev–Trinajstić information content (AvgIpc) is 2.86. The summed E-state index contributed by atoms with van der Waals surface area (Å²) in [5, 5.41) is 3.65. The molecule has 1 aromatic carbocycles. The third-order valence-corrected chi connectivity index (χ3v) is 4.47. The Morgan fingerprint density at radius 2 is 2.23 bits per heavy atom. The number of ketones is 1. The van der Waals surface area contributed by atoms with Crippen LogP contribution in [0.3, 0.4) is 0 Å². The number of hydrogen-bond donors (Lipinski definition) is 0. The van der Waals surface area contributed by atoms with Gasteiger partial charge in [0.05, 0.1) is 7.11 Å². The largest absolute Gasteiger partial charge is 0.468 e. The van der Waals surface area contributed by atoms with Gasteiger partial charge in [-0.3, -0.25) is 9.59 Å². The Morgan fingerprint density at radius 3 is 2.82 bits per heavy atom. The second kappa shape index (κ2) is 6.62. The van der Waals surface area contributed by atoms with Gasteiger partial charge in [0, 0.05) is 16.5 Å². The smallest absolute Gasteiger partial charge is 0.319 e. The van der Waals surface area contributed by atoms with Crippen LogP contribution in [0.5, 0.6) is 0 Å².